The van der Waals surface area contributed by atoms with Crippen LogP contribution in [0.1, 0.15) is 38.9 Å². The predicted octanol–water partition coefficient (Wildman–Crippen LogP) is 0.582. The predicted molar refractivity (Wildman–Crippen MR) is 64.2 cm³/mol. The van der Waals surface area contributed by atoms with E-state index >= 15 is 0 Å². The molecule has 1 atom stereocenters. The van der Waals surface area contributed by atoms with Crippen molar-refractivity contribution in [3.8, 4) is 0 Å². The lowest BCUT2D eigenvalue weighted by Gasteiger charge is -2.06. The third kappa shape index (κ3) is 4.10. The van der Waals surface area contributed by atoms with Crippen molar-refractivity contribution >= 4 is 10.0 Å². The number of rotatable bonds is 6. The van der Waals surface area contributed by atoms with E-state index in [1.165, 1.54) is 6.20 Å². The molecule has 0 aromatic carbocycles. The van der Waals surface area contributed by atoms with Crippen molar-refractivity contribution in [1.29, 1.82) is 0 Å². The van der Waals surface area contributed by atoms with Crippen LogP contribution in [-0.4, -0.2) is 36.1 Å². The monoisotopic (exact) mass is 261 g/mol. The molecule has 1 aromatic heterocycles. The highest BCUT2D eigenvalue weighted by molar-refractivity contribution is 7.89. The summed E-state index contributed by atoms with van der Waals surface area (Å²) in [4.78, 5) is 6.77. The van der Waals surface area contributed by atoms with E-state index in [0.29, 0.717) is 12.2 Å². The van der Waals surface area contributed by atoms with Crippen molar-refractivity contribution < 1.29 is 13.5 Å². The molecule has 0 aliphatic heterocycles. The summed E-state index contributed by atoms with van der Waals surface area (Å²) in [7, 11) is -3.55. The highest BCUT2D eigenvalue weighted by atomic mass is 32.2. The van der Waals surface area contributed by atoms with E-state index in [-0.39, 0.29) is 17.5 Å². The number of nitrogens with zero attached hydrogens (tertiary/aromatic N) is 1. The van der Waals surface area contributed by atoms with E-state index in [4.69, 9.17) is 5.11 Å². The molecular weight excluding hydrogens is 242 g/mol. The van der Waals surface area contributed by atoms with Gasteiger partial charge in [0.15, 0.2) is 5.03 Å². The zero-order valence-corrected chi connectivity index (χ0v) is 11.1. The Kier molecular flexibility index (Phi) is 4.67. The van der Waals surface area contributed by atoms with Gasteiger partial charge in [-0.15, -0.1) is 0 Å². The fourth-order valence-corrected chi connectivity index (χ4v) is 2.20. The van der Waals surface area contributed by atoms with E-state index < -0.39 is 16.1 Å². The molecule has 1 unspecified atom stereocenters. The molecule has 0 saturated carbocycles. The average molecular weight is 261 g/mol. The van der Waals surface area contributed by atoms with Gasteiger partial charge < -0.3 is 10.1 Å². The Labute approximate surface area is 102 Å². The molecule has 0 bridgehead atoms. The quantitative estimate of drug-likeness (QED) is 0.698. The van der Waals surface area contributed by atoms with Crippen molar-refractivity contribution in [2.24, 2.45) is 0 Å². The summed E-state index contributed by atoms with van der Waals surface area (Å²) in [6, 6.07) is 0. The highest BCUT2D eigenvalue weighted by Crippen LogP contribution is 2.12. The molecule has 0 aliphatic rings. The van der Waals surface area contributed by atoms with Crippen molar-refractivity contribution in [2.75, 3.05) is 6.54 Å². The minimum Gasteiger partial charge on any atom is -0.393 e. The number of H-pyrrole nitrogens is 1. The number of hydrogen-bond donors (Lipinski definition) is 3. The molecule has 0 fully saturated rings. The summed E-state index contributed by atoms with van der Waals surface area (Å²) in [6.07, 6.45) is 1.16. The van der Waals surface area contributed by atoms with Crippen LogP contribution in [0.5, 0.6) is 0 Å². The molecule has 0 saturated heterocycles. The topological polar surface area (TPSA) is 95.1 Å². The SMILES string of the molecule is CC(O)CCNS(=O)(=O)c1cnc(C(C)C)[nH]1. The molecule has 7 heteroatoms. The fourth-order valence-electron chi connectivity index (χ4n) is 1.23. The van der Waals surface area contributed by atoms with Gasteiger partial charge in [0.1, 0.15) is 5.82 Å². The third-order valence-electron chi connectivity index (χ3n) is 2.26. The van der Waals surface area contributed by atoms with Crippen molar-refractivity contribution in [2.45, 2.75) is 44.2 Å². The number of nitrogens with one attached hydrogen (secondary N) is 2. The van der Waals surface area contributed by atoms with Gasteiger partial charge in [0, 0.05) is 12.5 Å². The largest absolute Gasteiger partial charge is 0.393 e. The second kappa shape index (κ2) is 5.61. The number of aliphatic hydroxyl groups excluding tert-OH is 1. The van der Waals surface area contributed by atoms with Gasteiger partial charge in [-0.3, -0.25) is 0 Å². The molecule has 0 aliphatic carbocycles. The maximum atomic E-state index is 11.8. The van der Waals surface area contributed by atoms with Crippen LogP contribution in [0.25, 0.3) is 0 Å². The van der Waals surface area contributed by atoms with Crippen LogP contribution in [0.15, 0.2) is 11.2 Å². The van der Waals surface area contributed by atoms with Crippen molar-refractivity contribution in [1.82, 2.24) is 14.7 Å². The zero-order chi connectivity index (χ0) is 13.1. The molecule has 98 valence electrons. The van der Waals surface area contributed by atoms with Gasteiger partial charge in [0.05, 0.1) is 12.3 Å². The number of sulfonamides is 1. The summed E-state index contributed by atoms with van der Waals surface area (Å²) >= 11 is 0. The summed E-state index contributed by atoms with van der Waals surface area (Å²) in [5, 5.41) is 9.10. The van der Waals surface area contributed by atoms with Gasteiger partial charge in [-0.05, 0) is 13.3 Å². The van der Waals surface area contributed by atoms with Crippen LogP contribution in [0.4, 0.5) is 0 Å². The smallest absolute Gasteiger partial charge is 0.257 e. The van der Waals surface area contributed by atoms with Crippen LogP contribution in [0.3, 0.4) is 0 Å². The van der Waals surface area contributed by atoms with Crippen LogP contribution in [0.2, 0.25) is 0 Å². The first-order valence-corrected chi connectivity index (χ1v) is 7.04. The van der Waals surface area contributed by atoms with Crippen LogP contribution in [-0.2, 0) is 10.0 Å². The number of aliphatic hydroxyl groups is 1. The van der Waals surface area contributed by atoms with E-state index in [9.17, 15) is 8.42 Å². The van der Waals surface area contributed by atoms with Crippen LogP contribution >= 0.6 is 0 Å². The standard InChI is InChI=1S/C10H19N3O3S/c1-7(2)10-11-6-9(13-10)17(15,16)12-5-4-8(3)14/h6-8,12,14H,4-5H2,1-3H3,(H,11,13). The van der Waals surface area contributed by atoms with Gasteiger partial charge in [-0.2, -0.15) is 0 Å². The molecule has 0 amide bonds. The molecule has 1 aromatic rings. The van der Waals surface area contributed by atoms with E-state index in [1.807, 2.05) is 13.8 Å². The average Bonchev–Trinajstić information content (AvgIpc) is 2.65. The highest BCUT2D eigenvalue weighted by Gasteiger charge is 2.17. The Morgan fingerprint density at radius 2 is 2.12 bits per heavy atom. The van der Waals surface area contributed by atoms with E-state index in [0.717, 1.165) is 0 Å². The maximum Gasteiger partial charge on any atom is 0.257 e. The van der Waals surface area contributed by atoms with Crippen LogP contribution < -0.4 is 4.72 Å². The van der Waals surface area contributed by atoms with Crippen LogP contribution in [0, 0.1) is 0 Å². The number of aromatic nitrogens is 2. The fraction of sp³-hybridized carbons (Fsp3) is 0.700. The Hall–Kier alpha value is -0.920. The summed E-state index contributed by atoms with van der Waals surface area (Å²) < 4.78 is 26.0. The first kappa shape index (κ1) is 14.1. The molecule has 1 rings (SSSR count). The van der Waals surface area contributed by atoms with Gasteiger partial charge in [-0.1, -0.05) is 13.8 Å². The molecule has 3 N–H and O–H groups in total. The van der Waals surface area contributed by atoms with Gasteiger partial charge in [0.2, 0.25) is 0 Å². The van der Waals surface area contributed by atoms with Gasteiger partial charge >= 0.3 is 0 Å². The Morgan fingerprint density at radius 1 is 1.47 bits per heavy atom. The van der Waals surface area contributed by atoms with Crippen molar-refractivity contribution in [3.63, 3.8) is 0 Å². The molecule has 17 heavy (non-hydrogen) atoms. The Bertz CT molecular complexity index is 451. The molecular formula is C10H19N3O3S. The summed E-state index contributed by atoms with van der Waals surface area (Å²) in [5.41, 5.74) is 0. The second-order valence-corrected chi connectivity index (χ2v) is 6.06. The number of hydrogen-bond acceptors (Lipinski definition) is 4. The summed E-state index contributed by atoms with van der Waals surface area (Å²) in [6.45, 7) is 5.67. The lowest BCUT2D eigenvalue weighted by molar-refractivity contribution is 0.186. The minimum atomic E-state index is -3.55. The Morgan fingerprint density at radius 3 is 2.59 bits per heavy atom. The zero-order valence-electron chi connectivity index (χ0n) is 10.3. The second-order valence-electron chi connectivity index (χ2n) is 4.32. The molecule has 0 radical (unpaired) electrons. The van der Waals surface area contributed by atoms with E-state index in [2.05, 4.69) is 14.7 Å². The first-order chi connectivity index (χ1) is 7.83. The normalized spacial score (nSPS) is 14.2. The lowest BCUT2D eigenvalue weighted by atomic mass is 10.2. The van der Waals surface area contributed by atoms with Gasteiger partial charge in [0.25, 0.3) is 10.0 Å². The number of aromatic amines is 1. The van der Waals surface area contributed by atoms with Crippen molar-refractivity contribution in [3.05, 3.63) is 12.0 Å². The summed E-state index contributed by atoms with van der Waals surface area (Å²) in [5.74, 6) is 0.789. The number of imidazole rings is 1. The minimum absolute atomic E-state index is 0.0618. The van der Waals surface area contributed by atoms with Gasteiger partial charge in [-0.25, -0.2) is 18.1 Å². The first-order valence-electron chi connectivity index (χ1n) is 5.55. The lowest BCUT2D eigenvalue weighted by Crippen LogP contribution is -2.27. The Balaban J connectivity index is 2.69. The van der Waals surface area contributed by atoms with E-state index in [1.54, 1.807) is 6.92 Å². The molecule has 1 heterocycles. The molecule has 6 nitrogen and oxygen atoms in total. The third-order valence-corrected chi connectivity index (χ3v) is 3.63. The maximum absolute atomic E-state index is 11.8. The molecule has 0 spiro atoms.